The van der Waals surface area contributed by atoms with E-state index in [4.69, 9.17) is 0 Å². The molecule has 0 aromatic rings. The first-order chi connectivity index (χ1) is 13.6. The maximum absolute atomic E-state index is 12.7. The molecule has 1 rings (SSSR count). The highest BCUT2D eigenvalue weighted by atomic mass is 32.1. The van der Waals surface area contributed by atoms with Crippen LogP contribution >= 0.6 is 12.6 Å². The van der Waals surface area contributed by atoms with Crippen LogP contribution in [0.25, 0.3) is 0 Å². The summed E-state index contributed by atoms with van der Waals surface area (Å²) in [6.45, 7) is 7.84. The Morgan fingerprint density at radius 2 is 1.69 bits per heavy atom. The molecule has 5 N–H and O–H groups in total. The van der Waals surface area contributed by atoms with Gasteiger partial charge in [0.1, 0.15) is 18.1 Å². The fourth-order valence-electron chi connectivity index (χ4n) is 3.09. The summed E-state index contributed by atoms with van der Waals surface area (Å²) >= 11 is 4.15. The quantitative estimate of drug-likeness (QED) is 0.254. The fourth-order valence-corrected chi connectivity index (χ4v) is 3.35. The molecule has 5 atom stereocenters. The van der Waals surface area contributed by atoms with Crippen LogP contribution in [0.3, 0.4) is 0 Å². The van der Waals surface area contributed by atoms with Gasteiger partial charge in [0.05, 0.1) is 6.04 Å². The molecule has 10 heteroatoms. The smallest absolute Gasteiger partial charge is 0.326 e. The molecule has 29 heavy (non-hydrogen) atoms. The van der Waals surface area contributed by atoms with Crippen molar-refractivity contribution in [3.63, 3.8) is 0 Å². The van der Waals surface area contributed by atoms with Crippen molar-refractivity contribution in [2.24, 2.45) is 11.8 Å². The molecule has 0 aliphatic carbocycles. The minimum absolute atomic E-state index is 0.0708. The van der Waals surface area contributed by atoms with E-state index in [2.05, 4.69) is 33.9 Å². The second-order valence-corrected chi connectivity index (χ2v) is 8.20. The van der Waals surface area contributed by atoms with E-state index in [9.17, 15) is 24.3 Å². The zero-order valence-electron chi connectivity index (χ0n) is 17.5. The van der Waals surface area contributed by atoms with E-state index in [0.29, 0.717) is 12.8 Å². The number of carboxylic acid groups (broad SMARTS) is 1. The second kappa shape index (κ2) is 12.0. The minimum atomic E-state index is -1.12. The third kappa shape index (κ3) is 7.50. The van der Waals surface area contributed by atoms with Crippen molar-refractivity contribution in [3.8, 4) is 0 Å². The summed E-state index contributed by atoms with van der Waals surface area (Å²) in [6.07, 6.45) is 2.18. The number of aliphatic carboxylic acids is 1. The molecule has 0 aromatic heterocycles. The van der Waals surface area contributed by atoms with Crippen LogP contribution in [-0.4, -0.2) is 65.3 Å². The van der Waals surface area contributed by atoms with E-state index in [1.54, 1.807) is 20.8 Å². The van der Waals surface area contributed by atoms with Gasteiger partial charge in [-0.3, -0.25) is 14.4 Å². The van der Waals surface area contributed by atoms with Crippen LogP contribution in [-0.2, 0) is 19.2 Å². The standard InChI is InChI=1S/C19H34N4O5S/c1-5-11(4)15(19(27)28)23-18(26)14(10(2)3)22-17(25)13(9-29)21-16(24)12-7-6-8-20-12/h10-15,20,29H,5-9H2,1-4H3,(H,21,24)(H,22,25)(H,23,26)(H,27,28). The van der Waals surface area contributed by atoms with Gasteiger partial charge in [-0.15, -0.1) is 0 Å². The van der Waals surface area contributed by atoms with Gasteiger partial charge in [-0.25, -0.2) is 4.79 Å². The van der Waals surface area contributed by atoms with Gasteiger partial charge in [-0.1, -0.05) is 34.1 Å². The molecule has 0 bridgehead atoms. The SMILES string of the molecule is CCC(C)C(NC(=O)C(NC(=O)C(CS)NC(=O)C1CCCN1)C(C)C)C(=O)O. The highest BCUT2D eigenvalue weighted by Gasteiger charge is 2.33. The van der Waals surface area contributed by atoms with Gasteiger partial charge in [0, 0.05) is 5.75 Å². The second-order valence-electron chi connectivity index (χ2n) is 7.83. The lowest BCUT2D eigenvalue weighted by molar-refractivity contribution is -0.144. The number of nitrogens with one attached hydrogen (secondary N) is 4. The maximum Gasteiger partial charge on any atom is 0.326 e. The third-order valence-corrected chi connectivity index (χ3v) is 5.58. The molecule has 5 unspecified atom stereocenters. The lowest BCUT2D eigenvalue weighted by Gasteiger charge is -2.28. The van der Waals surface area contributed by atoms with E-state index < -0.39 is 35.9 Å². The summed E-state index contributed by atoms with van der Waals surface area (Å²) < 4.78 is 0. The number of hydrogen-bond acceptors (Lipinski definition) is 6. The van der Waals surface area contributed by atoms with Crippen LogP contribution in [0.5, 0.6) is 0 Å². The van der Waals surface area contributed by atoms with Gasteiger partial charge in [0.15, 0.2) is 0 Å². The van der Waals surface area contributed by atoms with Crippen LogP contribution in [0.2, 0.25) is 0 Å². The van der Waals surface area contributed by atoms with E-state index in [1.165, 1.54) is 0 Å². The highest BCUT2D eigenvalue weighted by molar-refractivity contribution is 7.80. The van der Waals surface area contributed by atoms with E-state index in [1.807, 2.05) is 6.92 Å². The highest BCUT2D eigenvalue weighted by Crippen LogP contribution is 2.11. The summed E-state index contributed by atoms with van der Waals surface area (Å²) in [5.41, 5.74) is 0. The molecule has 1 aliphatic heterocycles. The Labute approximate surface area is 177 Å². The van der Waals surface area contributed by atoms with Crippen molar-refractivity contribution >= 4 is 36.3 Å². The van der Waals surface area contributed by atoms with Crippen molar-refractivity contribution in [2.45, 2.75) is 71.1 Å². The molecule has 1 saturated heterocycles. The first kappa shape index (κ1) is 25.2. The molecule has 0 saturated carbocycles. The molecule has 1 heterocycles. The summed E-state index contributed by atoms with van der Waals surface area (Å²) in [5, 5.41) is 20.3. The van der Waals surface area contributed by atoms with Crippen LogP contribution in [0.1, 0.15) is 47.0 Å². The number of carbonyl (C=O) groups is 4. The fraction of sp³-hybridized carbons (Fsp3) is 0.789. The number of rotatable bonds is 11. The van der Waals surface area contributed by atoms with Crippen molar-refractivity contribution in [1.82, 2.24) is 21.3 Å². The lowest BCUT2D eigenvalue weighted by atomic mass is 9.97. The first-order valence-corrected chi connectivity index (χ1v) is 10.7. The Bertz CT molecular complexity index is 595. The zero-order valence-corrected chi connectivity index (χ0v) is 18.4. The Morgan fingerprint density at radius 3 is 2.14 bits per heavy atom. The monoisotopic (exact) mass is 430 g/mol. The minimum Gasteiger partial charge on any atom is -0.480 e. The number of thiol groups is 1. The predicted octanol–water partition coefficient (Wildman–Crippen LogP) is -0.0907. The Kier molecular flexibility index (Phi) is 10.5. The summed E-state index contributed by atoms with van der Waals surface area (Å²) in [4.78, 5) is 49.1. The van der Waals surface area contributed by atoms with Crippen molar-refractivity contribution in [3.05, 3.63) is 0 Å². The van der Waals surface area contributed by atoms with Gasteiger partial charge < -0.3 is 26.4 Å². The molecule has 3 amide bonds. The Morgan fingerprint density at radius 1 is 1.07 bits per heavy atom. The van der Waals surface area contributed by atoms with Crippen molar-refractivity contribution < 1.29 is 24.3 Å². The third-order valence-electron chi connectivity index (χ3n) is 5.22. The van der Waals surface area contributed by atoms with E-state index >= 15 is 0 Å². The van der Waals surface area contributed by atoms with Crippen molar-refractivity contribution in [2.75, 3.05) is 12.3 Å². The average Bonchev–Trinajstić information content (AvgIpc) is 3.21. The predicted molar refractivity (Wildman–Crippen MR) is 113 cm³/mol. The van der Waals surface area contributed by atoms with Gasteiger partial charge in [0.2, 0.25) is 17.7 Å². The molecule has 9 nitrogen and oxygen atoms in total. The van der Waals surface area contributed by atoms with E-state index in [-0.39, 0.29) is 29.5 Å². The topological polar surface area (TPSA) is 137 Å². The lowest BCUT2D eigenvalue weighted by Crippen LogP contribution is -2.59. The summed E-state index contributed by atoms with van der Waals surface area (Å²) in [5.74, 6) is -2.96. The molecule has 1 fully saturated rings. The normalized spacial score (nSPS) is 20.4. The largest absolute Gasteiger partial charge is 0.480 e. The zero-order chi connectivity index (χ0) is 22.1. The summed E-state index contributed by atoms with van der Waals surface area (Å²) in [6, 6.07) is -3.20. The maximum atomic E-state index is 12.7. The molecule has 0 spiro atoms. The summed E-state index contributed by atoms with van der Waals surface area (Å²) in [7, 11) is 0. The molecule has 166 valence electrons. The molecule has 1 aliphatic rings. The van der Waals surface area contributed by atoms with Crippen LogP contribution in [0, 0.1) is 11.8 Å². The van der Waals surface area contributed by atoms with Crippen LogP contribution in [0.15, 0.2) is 0 Å². The number of carbonyl (C=O) groups excluding carboxylic acids is 3. The Balaban J connectivity index is 2.78. The van der Waals surface area contributed by atoms with Gasteiger partial charge >= 0.3 is 5.97 Å². The molecular formula is C19H34N4O5S. The molecule has 0 radical (unpaired) electrons. The van der Waals surface area contributed by atoms with Gasteiger partial charge in [0.25, 0.3) is 0 Å². The number of carboxylic acids is 1. The van der Waals surface area contributed by atoms with Crippen LogP contribution < -0.4 is 21.3 Å². The van der Waals surface area contributed by atoms with Crippen molar-refractivity contribution in [1.29, 1.82) is 0 Å². The molecule has 0 aromatic carbocycles. The van der Waals surface area contributed by atoms with Gasteiger partial charge in [-0.2, -0.15) is 12.6 Å². The number of amides is 3. The van der Waals surface area contributed by atoms with Gasteiger partial charge in [-0.05, 0) is 31.2 Å². The Hall–Kier alpha value is -1.81. The average molecular weight is 431 g/mol. The van der Waals surface area contributed by atoms with E-state index in [0.717, 1.165) is 13.0 Å². The first-order valence-electron chi connectivity index (χ1n) is 10.1. The van der Waals surface area contributed by atoms with Crippen LogP contribution in [0.4, 0.5) is 0 Å². The number of hydrogen-bond donors (Lipinski definition) is 6. The molecular weight excluding hydrogens is 396 g/mol.